The predicted molar refractivity (Wildman–Crippen MR) is 85.6 cm³/mol. The van der Waals surface area contributed by atoms with Crippen LogP contribution in [0.5, 0.6) is 0 Å². The van der Waals surface area contributed by atoms with Gasteiger partial charge in [-0.05, 0) is 25.8 Å². The van der Waals surface area contributed by atoms with Gasteiger partial charge in [-0.2, -0.15) is 16.8 Å². The summed E-state index contributed by atoms with van der Waals surface area (Å²) in [6.45, 7) is 3.12. The van der Waals surface area contributed by atoms with Crippen LogP contribution in [0.2, 0.25) is 0 Å². The predicted octanol–water partition coefficient (Wildman–Crippen LogP) is 1.91. The average Bonchev–Trinajstić information content (AvgIpc) is 2.36. The summed E-state index contributed by atoms with van der Waals surface area (Å²) in [5.41, 5.74) is 0.283. The van der Waals surface area contributed by atoms with Crippen LogP contribution in [0.1, 0.15) is 19.4 Å². The third-order valence-corrected chi connectivity index (χ3v) is 4.89. The maximum Gasteiger partial charge on any atom is 0.303 e. The number of hydrogen-bond donors (Lipinski definition) is 0. The van der Waals surface area contributed by atoms with Crippen molar-refractivity contribution in [2.75, 3.05) is 24.6 Å². The Morgan fingerprint density at radius 3 is 1.74 bits per heavy atom. The highest BCUT2D eigenvalue weighted by molar-refractivity contribution is 7.86. The van der Waals surface area contributed by atoms with E-state index in [2.05, 4.69) is 0 Å². The minimum absolute atomic E-state index is 0.214. The lowest BCUT2D eigenvalue weighted by Gasteiger charge is -2.38. The van der Waals surface area contributed by atoms with Crippen molar-refractivity contribution in [3.63, 3.8) is 0 Å². The van der Waals surface area contributed by atoms with Gasteiger partial charge in [-0.1, -0.05) is 30.3 Å². The van der Waals surface area contributed by atoms with Crippen molar-refractivity contribution in [2.24, 2.45) is 0 Å². The molecule has 0 N–H and O–H groups in total. The first-order valence-electron chi connectivity index (χ1n) is 7.03. The first kappa shape index (κ1) is 20.0. The van der Waals surface area contributed by atoms with Crippen LogP contribution < -0.4 is 0 Å². The summed E-state index contributed by atoms with van der Waals surface area (Å²) in [5, 5.41) is 0. The fourth-order valence-corrected chi connectivity index (χ4v) is 3.24. The number of hydrogen-bond acceptors (Lipinski definition) is 5. The van der Waals surface area contributed by atoms with Crippen LogP contribution in [0.3, 0.4) is 0 Å². The van der Waals surface area contributed by atoms with Gasteiger partial charge >= 0.3 is 20.4 Å². The quantitative estimate of drug-likeness (QED) is 0.622. The number of rotatable bonds is 9. The molecule has 0 saturated heterocycles. The van der Waals surface area contributed by atoms with Crippen molar-refractivity contribution in [1.82, 2.24) is 4.90 Å². The van der Waals surface area contributed by atoms with Crippen molar-refractivity contribution in [3.05, 3.63) is 35.9 Å². The molecule has 0 radical (unpaired) electrons. The normalized spacial score (nSPS) is 13.4. The summed E-state index contributed by atoms with van der Waals surface area (Å²) >= 11 is 0. The average molecular weight is 369 g/mol. The summed E-state index contributed by atoms with van der Waals surface area (Å²) in [7, 11) is -9.38. The highest BCUT2D eigenvalue weighted by Gasteiger charge is 2.29. The molecule has 0 amide bonds. The molecule has 0 atom stereocenters. The minimum Gasteiger partial charge on any atom is -0.296 e. The third-order valence-electron chi connectivity index (χ3n) is 3.55. The van der Waals surface area contributed by atoms with E-state index in [9.17, 15) is 24.6 Å². The molecule has 0 aliphatic rings. The van der Waals surface area contributed by atoms with Gasteiger partial charge in [0.15, 0.2) is 0 Å². The van der Waals surface area contributed by atoms with E-state index >= 15 is 0 Å². The first-order chi connectivity index (χ1) is 10.4. The maximum absolute atomic E-state index is 12.8. The van der Waals surface area contributed by atoms with E-state index in [0.29, 0.717) is 6.42 Å². The SMILES string of the molecule is CC(C)(Cc1ccccc1)N(CCS(=O)(=O)F)CCS(=O)(=O)F. The van der Waals surface area contributed by atoms with Crippen molar-refractivity contribution >= 4 is 20.4 Å². The topological polar surface area (TPSA) is 71.5 Å². The fourth-order valence-electron chi connectivity index (χ4n) is 2.36. The molecule has 9 heteroatoms. The van der Waals surface area contributed by atoms with Gasteiger partial charge in [0.25, 0.3) is 0 Å². The molecule has 1 aromatic rings. The van der Waals surface area contributed by atoms with Gasteiger partial charge in [-0.25, -0.2) is 0 Å². The molecule has 0 saturated carbocycles. The molecular formula is C14H21F2NO4S2. The van der Waals surface area contributed by atoms with Gasteiger partial charge in [-0.15, -0.1) is 7.77 Å². The number of nitrogens with zero attached hydrogens (tertiary/aromatic N) is 1. The summed E-state index contributed by atoms with van der Waals surface area (Å²) in [6, 6.07) is 9.27. The van der Waals surface area contributed by atoms with E-state index in [1.165, 1.54) is 4.90 Å². The summed E-state index contributed by atoms with van der Waals surface area (Å²) in [5.74, 6) is -1.53. The zero-order valence-electron chi connectivity index (χ0n) is 13.1. The second-order valence-corrected chi connectivity index (χ2v) is 8.92. The van der Waals surface area contributed by atoms with Crippen molar-refractivity contribution in [3.8, 4) is 0 Å². The Morgan fingerprint density at radius 1 is 0.913 bits per heavy atom. The van der Waals surface area contributed by atoms with E-state index in [-0.39, 0.29) is 13.1 Å². The molecule has 0 spiro atoms. The van der Waals surface area contributed by atoms with Gasteiger partial charge in [0.1, 0.15) is 0 Å². The smallest absolute Gasteiger partial charge is 0.296 e. The molecule has 132 valence electrons. The molecule has 1 aromatic carbocycles. The second-order valence-electron chi connectivity index (χ2n) is 5.95. The highest BCUT2D eigenvalue weighted by Crippen LogP contribution is 2.21. The van der Waals surface area contributed by atoms with Gasteiger partial charge in [0, 0.05) is 18.6 Å². The minimum atomic E-state index is -4.69. The largest absolute Gasteiger partial charge is 0.303 e. The molecule has 0 unspecified atom stereocenters. The summed E-state index contributed by atoms with van der Waals surface area (Å²) < 4.78 is 68.5. The van der Waals surface area contributed by atoms with Crippen LogP contribution >= 0.6 is 0 Å². The van der Waals surface area contributed by atoms with Crippen molar-refractivity contribution in [1.29, 1.82) is 0 Å². The monoisotopic (exact) mass is 369 g/mol. The van der Waals surface area contributed by atoms with Crippen molar-refractivity contribution in [2.45, 2.75) is 25.8 Å². The zero-order valence-corrected chi connectivity index (χ0v) is 14.7. The van der Waals surface area contributed by atoms with E-state index in [0.717, 1.165) is 5.56 Å². The lowest BCUT2D eigenvalue weighted by atomic mass is 9.93. The van der Waals surface area contributed by atoms with Crippen LogP contribution in [-0.4, -0.2) is 51.9 Å². The van der Waals surface area contributed by atoms with E-state index in [4.69, 9.17) is 0 Å². The fraction of sp³-hybridized carbons (Fsp3) is 0.571. The third kappa shape index (κ3) is 8.38. The number of halogens is 2. The van der Waals surface area contributed by atoms with Gasteiger partial charge in [0.2, 0.25) is 0 Å². The first-order valence-corrected chi connectivity index (χ1v) is 10.1. The summed E-state index contributed by atoms with van der Waals surface area (Å²) in [4.78, 5) is 1.48. The lowest BCUT2D eigenvalue weighted by molar-refractivity contribution is 0.136. The van der Waals surface area contributed by atoms with E-state index < -0.39 is 37.5 Å². The number of benzene rings is 1. The summed E-state index contributed by atoms with van der Waals surface area (Å²) in [6.07, 6.45) is 0.479. The molecule has 0 fully saturated rings. The van der Waals surface area contributed by atoms with Crippen LogP contribution in [-0.2, 0) is 26.9 Å². The standard InChI is InChI=1S/C14H21F2NO4S2/c1-14(2,12-13-6-4-3-5-7-13)17(8-10-22(15,18)19)9-11-23(16,20)21/h3-7H,8-12H2,1-2H3. The molecule has 0 aliphatic heterocycles. The molecular weight excluding hydrogens is 348 g/mol. The molecule has 23 heavy (non-hydrogen) atoms. The molecule has 0 aliphatic carbocycles. The second kappa shape index (κ2) is 7.67. The van der Waals surface area contributed by atoms with Gasteiger partial charge in [-0.3, -0.25) is 4.90 Å². The Bertz CT molecular complexity index is 668. The Kier molecular flexibility index (Phi) is 6.67. The Morgan fingerprint density at radius 2 is 1.35 bits per heavy atom. The zero-order chi connectivity index (χ0) is 17.7. The molecule has 0 heterocycles. The van der Waals surface area contributed by atoms with E-state index in [1.54, 1.807) is 13.8 Å². The van der Waals surface area contributed by atoms with Crippen LogP contribution in [0, 0.1) is 0 Å². The lowest BCUT2D eigenvalue weighted by Crippen LogP contribution is -2.49. The molecule has 0 bridgehead atoms. The van der Waals surface area contributed by atoms with Gasteiger partial charge in [0.05, 0.1) is 11.5 Å². The van der Waals surface area contributed by atoms with Crippen molar-refractivity contribution < 1.29 is 24.6 Å². The van der Waals surface area contributed by atoms with E-state index in [1.807, 2.05) is 30.3 Å². The Hall–Kier alpha value is -1.06. The van der Waals surface area contributed by atoms with Crippen LogP contribution in [0.4, 0.5) is 7.77 Å². The van der Waals surface area contributed by atoms with Gasteiger partial charge < -0.3 is 0 Å². The maximum atomic E-state index is 12.8. The Labute approximate surface area is 136 Å². The van der Waals surface area contributed by atoms with Crippen LogP contribution in [0.25, 0.3) is 0 Å². The molecule has 5 nitrogen and oxygen atoms in total. The van der Waals surface area contributed by atoms with Crippen LogP contribution in [0.15, 0.2) is 30.3 Å². The highest BCUT2D eigenvalue weighted by atomic mass is 32.3. The molecule has 1 rings (SSSR count). The Balaban J connectivity index is 2.90. The molecule has 0 aromatic heterocycles.